The van der Waals surface area contributed by atoms with Gasteiger partial charge >= 0.3 is 0 Å². The van der Waals surface area contributed by atoms with Crippen molar-refractivity contribution < 1.29 is 14.5 Å². The highest BCUT2D eigenvalue weighted by molar-refractivity contribution is 6.33. The fraction of sp³-hybridized carbons (Fsp3) is 0.500. The topological polar surface area (TPSA) is 72.7 Å². The minimum absolute atomic E-state index is 0.0187. The van der Waals surface area contributed by atoms with Crippen molar-refractivity contribution in [3.8, 4) is 0 Å². The summed E-state index contributed by atoms with van der Waals surface area (Å²) in [4.78, 5) is 24.4. The number of amides is 1. The number of nitro benzene ring substituents is 1. The van der Waals surface area contributed by atoms with Crippen molar-refractivity contribution in [1.29, 1.82) is 0 Å². The van der Waals surface area contributed by atoms with Crippen molar-refractivity contribution >= 4 is 23.2 Å². The van der Waals surface area contributed by atoms with Gasteiger partial charge < -0.3 is 9.64 Å². The number of rotatable bonds is 4. The van der Waals surface area contributed by atoms with E-state index in [4.69, 9.17) is 16.3 Å². The zero-order chi connectivity index (χ0) is 15.4. The van der Waals surface area contributed by atoms with E-state index in [0.29, 0.717) is 19.7 Å². The summed E-state index contributed by atoms with van der Waals surface area (Å²) in [5.74, 6) is -0.284. The number of likely N-dealkylation sites (tertiary alicyclic amines) is 1. The van der Waals surface area contributed by atoms with Crippen LogP contribution in [-0.2, 0) is 4.74 Å². The van der Waals surface area contributed by atoms with Gasteiger partial charge in [0.2, 0.25) is 0 Å². The van der Waals surface area contributed by atoms with Crippen molar-refractivity contribution in [1.82, 2.24) is 4.90 Å². The van der Waals surface area contributed by atoms with Crippen molar-refractivity contribution in [2.75, 3.05) is 19.7 Å². The third-order valence-electron chi connectivity index (χ3n) is 3.46. The second-order valence-electron chi connectivity index (χ2n) is 4.89. The Balaban J connectivity index is 2.19. The molecule has 1 aliphatic heterocycles. The number of nitrogens with zero attached hydrogens (tertiary/aromatic N) is 2. The van der Waals surface area contributed by atoms with Gasteiger partial charge in [-0.2, -0.15) is 0 Å². The first-order chi connectivity index (χ1) is 10.0. The second kappa shape index (κ2) is 6.87. The maximum absolute atomic E-state index is 12.5. The van der Waals surface area contributed by atoms with E-state index in [1.807, 2.05) is 6.92 Å². The number of benzene rings is 1. The van der Waals surface area contributed by atoms with Gasteiger partial charge in [-0.1, -0.05) is 11.6 Å². The highest BCUT2D eigenvalue weighted by Crippen LogP contribution is 2.25. The van der Waals surface area contributed by atoms with Crippen LogP contribution in [0.4, 0.5) is 5.69 Å². The average Bonchev–Trinajstić information content (AvgIpc) is 2.47. The number of nitro groups is 1. The molecule has 1 aromatic carbocycles. The van der Waals surface area contributed by atoms with Crippen LogP contribution in [0.1, 0.15) is 30.1 Å². The van der Waals surface area contributed by atoms with E-state index >= 15 is 0 Å². The second-order valence-corrected chi connectivity index (χ2v) is 5.30. The zero-order valence-corrected chi connectivity index (χ0v) is 12.5. The van der Waals surface area contributed by atoms with Gasteiger partial charge in [0, 0.05) is 31.8 Å². The molecule has 0 bridgehead atoms. The van der Waals surface area contributed by atoms with Crippen LogP contribution >= 0.6 is 11.6 Å². The van der Waals surface area contributed by atoms with Gasteiger partial charge in [-0.05, 0) is 25.8 Å². The molecule has 21 heavy (non-hydrogen) atoms. The Kier molecular flexibility index (Phi) is 5.14. The highest BCUT2D eigenvalue weighted by atomic mass is 35.5. The van der Waals surface area contributed by atoms with E-state index in [-0.39, 0.29) is 28.3 Å². The van der Waals surface area contributed by atoms with Crippen LogP contribution in [-0.4, -0.2) is 41.5 Å². The molecule has 1 atom stereocenters. The van der Waals surface area contributed by atoms with Crippen LogP contribution in [0.5, 0.6) is 0 Å². The first-order valence-corrected chi connectivity index (χ1v) is 7.25. The lowest BCUT2D eigenvalue weighted by Crippen LogP contribution is -2.43. The molecule has 0 spiro atoms. The fourth-order valence-electron chi connectivity index (χ4n) is 2.46. The van der Waals surface area contributed by atoms with Crippen LogP contribution in [0, 0.1) is 10.1 Å². The minimum Gasteiger partial charge on any atom is -0.377 e. The summed E-state index contributed by atoms with van der Waals surface area (Å²) in [5, 5.41) is 11.0. The number of carbonyl (C=O) groups is 1. The smallest absolute Gasteiger partial charge is 0.270 e. The summed E-state index contributed by atoms with van der Waals surface area (Å²) in [5.41, 5.74) is 0.0316. The normalized spacial score (nSPS) is 18.6. The Hall–Kier alpha value is -1.66. The lowest BCUT2D eigenvalue weighted by molar-refractivity contribution is -0.384. The third-order valence-corrected chi connectivity index (χ3v) is 3.79. The molecule has 0 N–H and O–H groups in total. The monoisotopic (exact) mass is 312 g/mol. The third kappa shape index (κ3) is 3.71. The van der Waals surface area contributed by atoms with Crippen molar-refractivity contribution in [3.63, 3.8) is 0 Å². The van der Waals surface area contributed by atoms with Gasteiger partial charge in [-0.3, -0.25) is 14.9 Å². The van der Waals surface area contributed by atoms with Crippen molar-refractivity contribution in [3.05, 3.63) is 38.9 Å². The number of halogens is 1. The Labute approximate surface area is 127 Å². The minimum atomic E-state index is -0.535. The lowest BCUT2D eigenvalue weighted by atomic mass is 10.1. The molecule has 1 saturated heterocycles. The van der Waals surface area contributed by atoms with Gasteiger partial charge in [-0.25, -0.2) is 0 Å². The molecule has 0 aliphatic carbocycles. The SMILES string of the molecule is CCOC1CCCN(C(=O)c2cc([N+](=O)[O-])ccc2Cl)C1. The molecule has 0 saturated carbocycles. The number of non-ortho nitro benzene ring substituents is 1. The molecular weight excluding hydrogens is 296 g/mol. The van der Waals surface area contributed by atoms with E-state index in [9.17, 15) is 14.9 Å². The van der Waals surface area contributed by atoms with Gasteiger partial charge in [0.1, 0.15) is 0 Å². The quantitative estimate of drug-likeness (QED) is 0.633. The van der Waals surface area contributed by atoms with E-state index in [0.717, 1.165) is 12.8 Å². The molecule has 6 nitrogen and oxygen atoms in total. The summed E-state index contributed by atoms with van der Waals surface area (Å²) in [6, 6.07) is 3.91. The molecule has 1 unspecified atom stereocenters. The standard InChI is InChI=1S/C14H17ClN2O4/c1-2-21-11-4-3-7-16(9-11)14(18)12-8-10(17(19)20)5-6-13(12)15/h5-6,8,11H,2-4,7,9H2,1H3. The number of piperidine rings is 1. The molecule has 2 rings (SSSR count). The number of ether oxygens (including phenoxy) is 1. The molecule has 1 heterocycles. The lowest BCUT2D eigenvalue weighted by Gasteiger charge is -2.32. The Morgan fingerprint density at radius 1 is 1.57 bits per heavy atom. The Bertz CT molecular complexity index is 548. The van der Waals surface area contributed by atoms with Crippen molar-refractivity contribution in [2.45, 2.75) is 25.9 Å². The molecule has 1 fully saturated rings. The van der Waals surface area contributed by atoms with Gasteiger partial charge in [0.05, 0.1) is 21.6 Å². The van der Waals surface area contributed by atoms with Crippen molar-refractivity contribution in [2.24, 2.45) is 0 Å². The highest BCUT2D eigenvalue weighted by Gasteiger charge is 2.27. The summed E-state index contributed by atoms with van der Waals surface area (Å²) >= 11 is 6.01. The number of hydrogen-bond donors (Lipinski definition) is 0. The van der Waals surface area contributed by atoms with Gasteiger partial charge in [-0.15, -0.1) is 0 Å². The molecule has 1 amide bonds. The van der Waals surface area contributed by atoms with E-state index < -0.39 is 4.92 Å². The molecule has 1 aliphatic rings. The Morgan fingerprint density at radius 3 is 3.00 bits per heavy atom. The molecular formula is C14H17ClN2O4. The maximum atomic E-state index is 12.5. The summed E-state index contributed by atoms with van der Waals surface area (Å²) in [6.07, 6.45) is 1.79. The average molecular weight is 313 g/mol. The maximum Gasteiger partial charge on any atom is 0.270 e. The summed E-state index contributed by atoms with van der Waals surface area (Å²) in [6.45, 7) is 3.62. The van der Waals surface area contributed by atoms with E-state index in [2.05, 4.69) is 0 Å². The van der Waals surface area contributed by atoms with Gasteiger partial charge in [0.25, 0.3) is 11.6 Å². The van der Waals surface area contributed by atoms with E-state index in [1.165, 1.54) is 18.2 Å². The number of carbonyl (C=O) groups excluding carboxylic acids is 1. The van der Waals surface area contributed by atoms with Crippen LogP contribution in [0.2, 0.25) is 5.02 Å². The van der Waals surface area contributed by atoms with Crippen LogP contribution in [0.25, 0.3) is 0 Å². The summed E-state index contributed by atoms with van der Waals surface area (Å²) < 4.78 is 5.56. The summed E-state index contributed by atoms with van der Waals surface area (Å²) in [7, 11) is 0. The molecule has 114 valence electrons. The molecule has 7 heteroatoms. The van der Waals surface area contributed by atoms with Crippen LogP contribution in [0.3, 0.4) is 0 Å². The van der Waals surface area contributed by atoms with Crippen LogP contribution in [0.15, 0.2) is 18.2 Å². The first-order valence-electron chi connectivity index (χ1n) is 6.87. The zero-order valence-electron chi connectivity index (χ0n) is 11.8. The van der Waals surface area contributed by atoms with Gasteiger partial charge in [0.15, 0.2) is 0 Å². The molecule has 0 radical (unpaired) electrons. The van der Waals surface area contributed by atoms with Crippen LogP contribution < -0.4 is 0 Å². The first kappa shape index (κ1) is 15.7. The Morgan fingerprint density at radius 2 is 2.33 bits per heavy atom. The molecule has 0 aromatic heterocycles. The predicted molar refractivity (Wildman–Crippen MR) is 78.7 cm³/mol. The number of hydrogen-bond acceptors (Lipinski definition) is 4. The largest absolute Gasteiger partial charge is 0.377 e. The van der Waals surface area contributed by atoms with E-state index in [1.54, 1.807) is 4.90 Å². The predicted octanol–water partition coefficient (Wildman–Crippen LogP) is 2.89. The fourth-order valence-corrected chi connectivity index (χ4v) is 2.65. The molecule has 1 aromatic rings.